The van der Waals surface area contributed by atoms with Crippen molar-refractivity contribution in [1.29, 1.82) is 0 Å². The van der Waals surface area contributed by atoms with Crippen LogP contribution in [0.25, 0.3) is 0 Å². The van der Waals surface area contributed by atoms with Crippen LogP contribution in [-0.2, 0) is 29.7 Å². The van der Waals surface area contributed by atoms with E-state index in [2.05, 4.69) is 4.72 Å². The van der Waals surface area contributed by atoms with Crippen LogP contribution < -0.4 is 9.46 Å². The zero-order valence-electron chi connectivity index (χ0n) is 14.9. The van der Waals surface area contributed by atoms with Crippen LogP contribution in [0.4, 0.5) is 5.69 Å². The largest absolute Gasteiger partial charge is 0.497 e. The topological polar surface area (TPSA) is 124 Å². The average Bonchev–Trinajstić information content (AvgIpc) is 3.02. The monoisotopic (exact) mass is 445 g/mol. The first-order valence-corrected chi connectivity index (χ1v) is 13.1. The van der Waals surface area contributed by atoms with Crippen LogP contribution in [-0.4, -0.2) is 49.1 Å². The lowest BCUT2D eigenvalue weighted by Gasteiger charge is -2.13. The van der Waals surface area contributed by atoms with Crippen molar-refractivity contribution in [3.8, 4) is 5.75 Å². The third kappa shape index (κ3) is 4.31. The van der Waals surface area contributed by atoms with Gasteiger partial charge in [-0.2, -0.15) is 0 Å². The summed E-state index contributed by atoms with van der Waals surface area (Å²) in [5.41, 5.74) is 0.259. The second-order valence-electron chi connectivity index (χ2n) is 6.38. The molecule has 1 unspecified atom stereocenters. The number of nitrogens with one attached hydrogen (secondary N) is 1. The molecule has 0 amide bonds. The Labute approximate surface area is 164 Å². The van der Waals surface area contributed by atoms with E-state index in [0.717, 1.165) is 6.07 Å². The van der Waals surface area contributed by atoms with Gasteiger partial charge in [0.1, 0.15) is 5.75 Å². The lowest BCUT2D eigenvalue weighted by atomic mass is 10.3. The molecule has 28 heavy (non-hydrogen) atoms. The van der Waals surface area contributed by atoms with E-state index in [1.165, 1.54) is 37.4 Å². The molecule has 0 spiro atoms. The summed E-state index contributed by atoms with van der Waals surface area (Å²) >= 11 is 0. The fourth-order valence-electron chi connectivity index (χ4n) is 2.92. The van der Waals surface area contributed by atoms with Crippen molar-refractivity contribution in [3.05, 3.63) is 48.5 Å². The maximum Gasteiger partial charge on any atom is 0.261 e. The first kappa shape index (κ1) is 20.6. The van der Waals surface area contributed by atoms with Crippen molar-refractivity contribution >= 4 is 35.4 Å². The van der Waals surface area contributed by atoms with Crippen LogP contribution >= 0.6 is 0 Å². The molecule has 152 valence electrons. The van der Waals surface area contributed by atoms with Crippen molar-refractivity contribution < 1.29 is 30.0 Å². The molecule has 0 radical (unpaired) electrons. The summed E-state index contributed by atoms with van der Waals surface area (Å²) in [5, 5.41) is -1.07. The number of anilines is 1. The molecular formula is C17H19NO7S3. The molecule has 1 saturated heterocycles. The molecule has 1 fully saturated rings. The zero-order valence-corrected chi connectivity index (χ0v) is 17.3. The van der Waals surface area contributed by atoms with Crippen LogP contribution in [0, 0.1) is 0 Å². The van der Waals surface area contributed by atoms with Crippen molar-refractivity contribution in [2.24, 2.45) is 0 Å². The molecular weight excluding hydrogens is 426 g/mol. The Hall–Kier alpha value is -2.11. The molecule has 1 N–H and O–H groups in total. The van der Waals surface area contributed by atoms with Gasteiger partial charge < -0.3 is 4.74 Å². The van der Waals surface area contributed by atoms with Gasteiger partial charge >= 0.3 is 0 Å². The van der Waals surface area contributed by atoms with Crippen molar-refractivity contribution in [2.75, 3.05) is 23.3 Å². The number of hydrogen-bond acceptors (Lipinski definition) is 7. The van der Waals surface area contributed by atoms with Gasteiger partial charge in [-0.25, -0.2) is 25.3 Å². The normalized spacial score (nSPS) is 19.2. The number of sulfonamides is 1. The predicted octanol–water partition coefficient (Wildman–Crippen LogP) is 1.46. The van der Waals surface area contributed by atoms with Gasteiger partial charge in [0.2, 0.25) is 0 Å². The summed E-state index contributed by atoms with van der Waals surface area (Å²) in [6.45, 7) is 0. The Bertz CT molecular complexity index is 1200. The fourth-order valence-corrected chi connectivity index (χ4v) is 8.49. The van der Waals surface area contributed by atoms with Crippen molar-refractivity contribution in [3.63, 3.8) is 0 Å². The van der Waals surface area contributed by atoms with E-state index >= 15 is 0 Å². The standard InChI is InChI=1S/C17H19NO7S3/c1-25-14-5-2-4-13(10-14)18-28(23,24)16-7-3-6-15(11-16)27(21,22)17-8-9-26(19,20)12-17/h2-7,10-11,17-18H,8-9,12H2,1H3. The van der Waals surface area contributed by atoms with Crippen molar-refractivity contribution in [2.45, 2.75) is 21.5 Å². The van der Waals surface area contributed by atoms with E-state index in [1.807, 2.05) is 0 Å². The molecule has 0 saturated carbocycles. The molecule has 1 heterocycles. The third-order valence-corrected chi connectivity index (χ3v) is 9.94. The van der Waals surface area contributed by atoms with E-state index in [1.54, 1.807) is 12.1 Å². The molecule has 1 aliphatic rings. The minimum Gasteiger partial charge on any atom is -0.497 e. The SMILES string of the molecule is COc1cccc(NS(=O)(=O)c2cccc(S(=O)(=O)C3CCS(=O)(=O)C3)c2)c1. The van der Waals surface area contributed by atoms with Crippen LogP contribution in [0.5, 0.6) is 5.75 Å². The second-order valence-corrected chi connectivity index (χ2v) is 12.5. The quantitative estimate of drug-likeness (QED) is 0.714. The molecule has 1 atom stereocenters. The first-order valence-electron chi connectivity index (χ1n) is 8.25. The molecule has 11 heteroatoms. The first-order chi connectivity index (χ1) is 13.0. The van der Waals surface area contributed by atoms with Crippen molar-refractivity contribution in [1.82, 2.24) is 0 Å². The molecule has 0 bridgehead atoms. The summed E-state index contributed by atoms with van der Waals surface area (Å²) in [5.74, 6) is -0.181. The highest BCUT2D eigenvalue weighted by Crippen LogP contribution is 2.27. The Balaban J connectivity index is 1.92. The Morgan fingerprint density at radius 3 is 2.32 bits per heavy atom. The maximum absolute atomic E-state index is 12.7. The Morgan fingerprint density at radius 2 is 1.68 bits per heavy atom. The van der Waals surface area contributed by atoms with Gasteiger partial charge in [-0.05, 0) is 36.8 Å². The van der Waals surface area contributed by atoms with Gasteiger partial charge in [-0.15, -0.1) is 0 Å². The van der Waals surface area contributed by atoms with Gasteiger partial charge in [0.15, 0.2) is 19.7 Å². The zero-order chi connectivity index (χ0) is 20.6. The van der Waals surface area contributed by atoms with E-state index in [-0.39, 0.29) is 27.7 Å². The predicted molar refractivity (Wildman–Crippen MR) is 104 cm³/mol. The third-order valence-electron chi connectivity index (χ3n) is 4.40. The molecule has 0 aromatic heterocycles. The highest BCUT2D eigenvalue weighted by atomic mass is 32.2. The Morgan fingerprint density at radius 1 is 1.00 bits per heavy atom. The lowest BCUT2D eigenvalue weighted by molar-refractivity contribution is 0.415. The number of rotatable bonds is 6. The minimum atomic E-state index is -4.06. The number of sulfone groups is 2. The second kappa shape index (κ2) is 7.37. The number of ether oxygens (including phenoxy) is 1. The average molecular weight is 446 g/mol. The summed E-state index contributed by atoms with van der Waals surface area (Å²) in [7, 11) is -9.97. The molecule has 0 aliphatic carbocycles. The molecule has 1 aliphatic heterocycles. The maximum atomic E-state index is 12.7. The summed E-state index contributed by atoms with van der Waals surface area (Å²) in [6, 6.07) is 11.2. The minimum absolute atomic E-state index is 0.00367. The van der Waals surface area contributed by atoms with Gasteiger partial charge in [0.05, 0.1) is 39.3 Å². The molecule has 3 rings (SSSR count). The number of methoxy groups -OCH3 is 1. The van der Waals surface area contributed by atoms with Gasteiger partial charge in [-0.1, -0.05) is 12.1 Å². The van der Waals surface area contributed by atoms with Gasteiger partial charge in [0, 0.05) is 6.07 Å². The number of benzene rings is 2. The van der Waals surface area contributed by atoms with Crippen LogP contribution in [0.1, 0.15) is 6.42 Å². The van der Waals surface area contributed by atoms with Gasteiger partial charge in [0.25, 0.3) is 10.0 Å². The van der Waals surface area contributed by atoms with E-state index in [4.69, 9.17) is 4.74 Å². The Kier molecular flexibility index (Phi) is 5.43. The van der Waals surface area contributed by atoms with Crippen LogP contribution in [0.3, 0.4) is 0 Å². The van der Waals surface area contributed by atoms with E-state index < -0.39 is 40.7 Å². The highest BCUT2D eigenvalue weighted by Gasteiger charge is 2.38. The van der Waals surface area contributed by atoms with E-state index in [0.29, 0.717) is 5.75 Å². The smallest absolute Gasteiger partial charge is 0.261 e. The number of hydrogen-bond donors (Lipinski definition) is 1. The summed E-state index contributed by atoms with van der Waals surface area (Å²) in [6.07, 6.45) is 0.00367. The van der Waals surface area contributed by atoms with Gasteiger partial charge in [-0.3, -0.25) is 4.72 Å². The lowest BCUT2D eigenvalue weighted by Crippen LogP contribution is -2.23. The van der Waals surface area contributed by atoms with Crippen LogP contribution in [0.2, 0.25) is 0 Å². The van der Waals surface area contributed by atoms with Crippen LogP contribution in [0.15, 0.2) is 58.3 Å². The molecule has 8 nitrogen and oxygen atoms in total. The summed E-state index contributed by atoms with van der Waals surface area (Å²) < 4.78 is 81.5. The molecule has 2 aromatic carbocycles. The highest BCUT2D eigenvalue weighted by molar-refractivity contribution is 7.96. The summed E-state index contributed by atoms with van der Waals surface area (Å²) in [4.78, 5) is -0.458. The van der Waals surface area contributed by atoms with E-state index in [9.17, 15) is 25.3 Å². The fraction of sp³-hybridized carbons (Fsp3) is 0.294. The molecule has 2 aromatic rings.